The molecule has 0 atom stereocenters. The summed E-state index contributed by atoms with van der Waals surface area (Å²) in [6, 6.07) is 6.32. The van der Waals surface area contributed by atoms with Crippen LogP contribution < -0.4 is 19.5 Å². The molecule has 0 saturated carbocycles. The lowest BCUT2D eigenvalue weighted by Crippen LogP contribution is -2.23. The van der Waals surface area contributed by atoms with Gasteiger partial charge in [-0.05, 0) is 36.8 Å². The first-order chi connectivity index (χ1) is 14.2. The van der Waals surface area contributed by atoms with E-state index in [0.29, 0.717) is 34.3 Å². The third-order valence-corrected chi connectivity index (χ3v) is 3.92. The van der Waals surface area contributed by atoms with Crippen molar-refractivity contribution in [1.82, 2.24) is 10.3 Å². The van der Waals surface area contributed by atoms with E-state index in [9.17, 15) is 18.0 Å². The number of rotatable bonds is 9. The van der Waals surface area contributed by atoms with Crippen molar-refractivity contribution in [3.05, 3.63) is 52.7 Å². The van der Waals surface area contributed by atoms with Gasteiger partial charge in [-0.2, -0.15) is 13.2 Å². The summed E-state index contributed by atoms with van der Waals surface area (Å²) < 4.78 is 52.4. The van der Waals surface area contributed by atoms with E-state index in [1.54, 1.807) is 12.1 Å². The van der Waals surface area contributed by atoms with E-state index in [0.717, 1.165) is 0 Å². The molecule has 0 aliphatic rings. The maximum absolute atomic E-state index is 12.3. The normalized spacial score (nSPS) is 11.4. The number of carbonyl (C=O) groups excluding carboxylic acids is 1. The van der Waals surface area contributed by atoms with E-state index in [-0.39, 0.29) is 12.4 Å². The molecule has 10 heteroatoms. The molecule has 1 N–H and O–H groups in total. The molecule has 0 radical (unpaired) electrons. The fraction of sp³-hybridized carbons (Fsp3) is 0.300. The van der Waals surface area contributed by atoms with Crippen LogP contribution in [0, 0.1) is 0 Å². The Hall–Kier alpha value is -2.94. The molecule has 1 heterocycles. The Balaban J connectivity index is 2.02. The Morgan fingerprint density at radius 2 is 2.07 bits per heavy atom. The molecule has 1 aromatic heterocycles. The van der Waals surface area contributed by atoms with Gasteiger partial charge in [0.05, 0.1) is 18.7 Å². The molecule has 2 aromatic rings. The molecule has 0 saturated heterocycles. The summed E-state index contributed by atoms with van der Waals surface area (Å²) in [5.41, 5.74) is 0.917. The molecule has 1 aromatic carbocycles. The van der Waals surface area contributed by atoms with Crippen molar-refractivity contribution in [2.24, 2.45) is 0 Å². The van der Waals surface area contributed by atoms with E-state index in [2.05, 4.69) is 15.0 Å². The highest BCUT2D eigenvalue weighted by Gasteiger charge is 2.29. The summed E-state index contributed by atoms with van der Waals surface area (Å²) in [4.78, 5) is 15.9. The average Bonchev–Trinajstić information content (AvgIpc) is 2.70. The lowest BCUT2D eigenvalue weighted by atomic mass is 10.2. The van der Waals surface area contributed by atoms with Crippen LogP contribution in [0.5, 0.6) is 17.4 Å². The van der Waals surface area contributed by atoms with E-state index >= 15 is 0 Å². The molecule has 0 fully saturated rings. The van der Waals surface area contributed by atoms with Gasteiger partial charge in [-0.15, -0.1) is 0 Å². The molecule has 0 unspecified atom stereocenters. The SMILES string of the molecule is CCOc1c(Cl)cc(/C=C/C(=O)NCc2cccnc2OCC(F)(F)F)cc1OC. The van der Waals surface area contributed by atoms with Crippen LogP contribution in [0.4, 0.5) is 13.2 Å². The van der Waals surface area contributed by atoms with E-state index in [1.165, 1.54) is 37.6 Å². The van der Waals surface area contributed by atoms with Crippen molar-refractivity contribution < 1.29 is 32.2 Å². The molecule has 0 aliphatic heterocycles. The second kappa shape index (κ2) is 10.7. The van der Waals surface area contributed by atoms with Gasteiger partial charge in [0.25, 0.3) is 0 Å². The fourth-order valence-corrected chi connectivity index (χ4v) is 2.65. The zero-order valence-electron chi connectivity index (χ0n) is 16.3. The number of carbonyl (C=O) groups is 1. The lowest BCUT2D eigenvalue weighted by Gasteiger charge is -2.12. The minimum atomic E-state index is -4.49. The molecule has 2 rings (SSSR count). The highest BCUT2D eigenvalue weighted by atomic mass is 35.5. The van der Waals surface area contributed by atoms with Gasteiger partial charge in [0.1, 0.15) is 0 Å². The smallest absolute Gasteiger partial charge is 0.422 e. The van der Waals surface area contributed by atoms with Crippen LogP contribution >= 0.6 is 11.6 Å². The Morgan fingerprint density at radius 3 is 2.73 bits per heavy atom. The second-order valence-electron chi connectivity index (χ2n) is 5.89. The molecule has 1 amide bonds. The molecule has 0 aliphatic carbocycles. The van der Waals surface area contributed by atoms with Crippen LogP contribution in [0.25, 0.3) is 6.08 Å². The number of pyridine rings is 1. The molecule has 30 heavy (non-hydrogen) atoms. The minimum Gasteiger partial charge on any atom is -0.493 e. The van der Waals surface area contributed by atoms with Crippen molar-refractivity contribution in [3.63, 3.8) is 0 Å². The number of methoxy groups -OCH3 is 1. The number of nitrogens with one attached hydrogen (secondary N) is 1. The predicted octanol–water partition coefficient (Wildman–Crippen LogP) is 4.41. The van der Waals surface area contributed by atoms with Gasteiger partial charge in [0.2, 0.25) is 11.8 Å². The minimum absolute atomic E-state index is 0.0580. The summed E-state index contributed by atoms with van der Waals surface area (Å²) in [6.07, 6.45) is -0.400. The predicted molar refractivity (Wildman–Crippen MR) is 106 cm³/mol. The first kappa shape index (κ1) is 23.3. The Morgan fingerprint density at radius 1 is 1.30 bits per heavy atom. The number of hydrogen-bond donors (Lipinski definition) is 1. The van der Waals surface area contributed by atoms with E-state index in [1.807, 2.05) is 6.92 Å². The molecule has 6 nitrogen and oxygen atoms in total. The van der Waals surface area contributed by atoms with Crippen LogP contribution in [0.15, 0.2) is 36.5 Å². The van der Waals surface area contributed by atoms with Crippen LogP contribution in [0.1, 0.15) is 18.1 Å². The number of hydrogen-bond acceptors (Lipinski definition) is 5. The largest absolute Gasteiger partial charge is 0.493 e. The molecular formula is C20H20ClF3N2O4. The number of halogens is 4. The monoisotopic (exact) mass is 444 g/mol. The summed E-state index contributed by atoms with van der Waals surface area (Å²) >= 11 is 6.19. The van der Waals surface area contributed by atoms with E-state index in [4.69, 9.17) is 21.1 Å². The summed E-state index contributed by atoms with van der Waals surface area (Å²) in [5, 5.41) is 2.90. The van der Waals surface area contributed by atoms with Crippen molar-refractivity contribution >= 4 is 23.6 Å². The Kier molecular flexibility index (Phi) is 8.35. The standard InChI is InChI=1S/C20H20ClF3N2O4/c1-3-29-18-15(21)9-13(10-16(18)28-2)6-7-17(27)26-11-14-5-4-8-25-19(14)30-12-20(22,23)24/h4-10H,3,11-12H2,1-2H3,(H,26,27)/b7-6+. The summed E-state index contributed by atoms with van der Waals surface area (Å²) in [7, 11) is 1.47. The van der Waals surface area contributed by atoms with Crippen LogP contribution in [0.3, 0.4) is 0 Å². The van der Waals surface area contributed by atoms with Crippen molar-refractivity contribution in [1.29, 1.82) is 0 Å². The number of aromatic nitrogens is 1. The van der Waals surface area contributed by atoms with Gasteiger partial charge < -0.3 is 19.5 Å². The van der Waals surface area contributed by atoms with Gasteiger partial charge in [0, 0.05) is 24.4 Å². The number of nitrogens with zero attached hydrogens (tertiary/aromatic N) is 1. The number of alkyl halides is 3. The van der Waals surface area contributed by atoms with Crippen LogP contribution in [-0.4, -0.2) is 37.4 Å². The number of amides is 1. The Bertz CT molecular complexity index is 904. The van der Waals surface area contributed by atoms with Crippen molar-refractivity contribution in [3.8, 4) is 17.4 Å². The second-order valence-corrected chi connectivity index (χ2v) is 6.30. The van der Waals surface area contributed by atoms with Crippen LogP contribution in [-0.2, 0) is 11.3 Å². The first-order valence-electron chi connectivity index (χ1n) is 8.83. The molecule has 0 spiro atoms. The molecule has 162 valence electrons. The summed E-state index contributed by atoms with van der Waals surface area (Å²) in [6.45, 7) is 0.704. The van der Waals surface area contributed by atoms with Gasteiger partial charge in [-0.1, -0.05) is 17.7 Å². The Labute approximate surface area is 176 Å². The zero-order chi connectivity index (χ0) is 22.1. The van der Waals surface area contributed by atoms with Gasteiger partial charge in [0.15, 0.2) is 18.1 Å². The lowest BCUT2D eigenvalue weighted by molar-refractivity contribution is -0.154. The summed E-state index contributed by atoms with van der Waals surface area (Å²) in [5.74, 6) is 0.171. The van der Waals surface area contributed by atoms with Crippen LogP contribution in [0.2, 0.25) is 5.02 Å². The number of benzene rings is 1. The van der Waals surface area contributed by atoms with Gasteiger partial charge in [-0.3, -0.25) is 4.79 Å². The van der Waals surface area contributed by atoms with Gasteiger partial charge in [-0.25, -0.2) is 4.98 Å². The highest BCUT2D eigenvalue weighted by Crippen LogP contribution is 2.36. The average molecular weight is 445 g/mol. The third-order valence-electron chi connectivity index (χ3n) is 3.64. The fourth-order valence-electron chi connectivity index (χ4n) is 2.37. The van der Waals surface area contributed by atoms with Crippen molar-refractivity contribution in [2.45, 2.75) is 19.6 Å². The maximum Gasteiger partial charge on any atom is 0.422 e. The number of ether oxygens (including phenoxy) is 3. The quantitative estimate of drug-likeness (QED) is 0.580. The van der Waals surface area contributed by atoms with E-state index < -0.39 is 18.7 Å². The highest BCUT2D eigenvalue weighted by molar-refractivity contribution is 6.32. The van der Waals surface area contributed by atoms with Gasteiger partial charge >= 0.3 is 6.18 Å². The first-order valence-corrected chi connectivity index (χ1v) is 9.21. The third kappa shape index (κ3) is 7.14. The zero-order valence-corrected chi connectivity index (χ0v) is 17.0. The maximum atomic E-state index is 12.3. The molecule has 0 bridgehead atoms. The van der Waals surface area contributed by atoms with Crippen molar-refractivity contribution in [2.75, 3.05) is 20.3 Å². The molecular weight excluding hydrogens is 425 g/mol. The topological polar surface area (TPSA) is 69.7 Å².